The number of nitriles is 1. The number of methoxy groups -OCH3 is 1. The predicted molar refractivity (Wildman–Crippen MR) is 107 cm³/mol. The number of rotatable bonds is 9. The van der Waals surface area contributed by atoms with Gasteiger partial charge in [-0.3, -0.25) is 14.5 Å². The Morgan fingerprint density at radius 1 is 1.25 bits per heavy atom. The normalized spacial score (nSPS) is 14.3. The van der Waals surface area contributed by atoms with Gasteiger partial charge >= 0.3 is 0 Å². The molecule has 0 unspecified atom stereocenters. The number of hydrogen-bond acceptors (Lipinski definition) is 5. The Balaban J connectivity index is 2.04. The van der Waals surface area contributed by atoms with Gasteiger partial charge in [0.05, 0.1) is 25.3 Å². The average Bonchev–Trinajstić information content (AvgIpc) is 3.22. The van der Waals surface area contributed by atoms with Crippen LogP contribution in [0, 0.1) is 25.2 Å². The first kappa shape index (κ1) is 21.9. The van der Waals surface area contributed by atoms with E-state index in [-0.39, 0.29) is 24.9 Å². The van der Waals surface area contributed by atoms with Crippen LogP contribution in [0.25, 0.3) is 0 Å². The van der Waals surface area contributed by atoms with E-state index in [0.717, 1.165) is 36.9 Å². The zero-order chi connectivity index (χ0) is 20.7. The van der Waals surface area contributed by atoms with E-state index in [4.69, 9.17) is 4.74 Å². The monoisotopic (exact) mass is 389 g/mol. The number of carbonyl (C=O) groups is 2. The van der Waals surface area contributed by atoms with E-state index in [1.807, 2.05) is 13.8 Å². The van der Waals surface area contributed by atoms with Crippen LogP contribution in [0.3, 0.4) is 0 Å². The molecule has 8 nitrogen and oxygen atoms in total. The van der Waals surface area contributed by atoms with Crippen LogP contribution in [0.4, 0.5) is 5.82 Å². The second kappa shape index (κ2) is 10.2. The fraction of sp³-hybridized carbons (Fsp3) is 0.650. The summed E-state index contributed by atoms with van der Waals surface area (Å²) in [5, 5.41) is 15.3. The molecular formula is C20H31N5O3. The third kappa shape index (κ3) is 5.33. The van der Waals surface area contributed by atoms with E-state index in [0.29, 0.717) is 30.6 Å². The smallest absolute Gasteiger partial charge is 0.239 e. The highest BCUT2D eigenvalue weighted by Crippen LogP contribution is 2.37. The van der Waals surface area contributed by atoms with Gasteiger partial charge in [-0.05, 0) is 39.3 Å². The molecule has 1 aromatic heterocycles. The molecule has 1 aliphatic carbocycles. The molecule has 0 aromatic carbocycles. The minimum Gasteiger partial charge on any atom is -0.383 e. The molecule has 2 rings (SSSR count). The lowest BCUT2D eigenvalue weighted by Crippen LogP contribution is -2.40. The second-order valence-corrected chi connectivity index (χ2v) is 7.42. The van der Waals surface area contributed by atoms with Gasteiger partial charge in [0.25, 0.3) is 0 Å². The number of ether oxygens (including phenoxy) is 1. The Morgan fingerprint density at radius 3 is 2.50 bits per heavy atom. The topological polar surface area (TPSA) is 99.4 Å². The van der Waals surface area contributed by atoms with E-state index in [1.165, 1.54) is 0 Å². The summed E-state index contributed by atoms with van der Waals surface area (Å²) in [6.07, 6.45) is 4.45. The van der Waals surface area contributed by atoms with Crippen LogP contribution in [0.2, 0.25) is 0 Å². The lowest BCUT2D eigenvalue weighted by molar-refractivity contribution is -0.123. The van der Waals surface area contributed by atoms with Gasteiger partial charge in [-0.25, -0.2) is 0 Å². The van der Waals surface area contributed by atoms with Gasteiger partial charge in [0.15, 0.2) is 0 Å². The molecule has 1 aromatic rings. The van der Waals surface area contributed by atoms with Crippen molar-refractivity contribution in [1.29, 1.82) is 5.26 Å². The van der Waals surface area contributed by atoms with Crippen molar-refractivity contribution in [3.63, 3.8) is 0 Å². The van der Waals surface area contributed by atoms with Crippen LogP contribution in [-0.2, 0) is 14.3 Å². The number of nitrogens with one attached hydrogen (secondary N) is 2. The van der Waals surface area contributed by atoms with Crippen molar-refractivity contribution in [2.45, 2.75) is 45.6 Å². The Morgan fingerprint density at radius 2 is 1.89 bits per heavy atom. The summed E-state index contributed by atoms with van der Waals surface area (Å²) in [7, 11) is 3.29. The molecule has 1 heterocycles. The van der Waals surface area contributed by atoms with Gasteiger partial charge in [-0.15, -0.1) is 0 Å². The number of hydrogen-bond donors (Lipinski definition) is 2. The average molecular weight is 390 g/mol. The quantitative estimate of drug-likeness (QED) is 0.627. The van der Waals surface area contributed by atoms with Crippen molar-refractivity contribution in [3.8, 4) is 6.07 Å². The highest BCUT2D eigenvalue weighted by molar-refractivity contribution is 5.93. The molecule has 1 saturated carbocycles. The molecular weight excluding hydrogens is 358 g/mol. The molecule has 0 saturated heterocycles. The molecule has 0 bridgehead atoms. The highest BCUT2D eigenvalue weighted by atomic mass is 16.5. The molecule has 8 heteroatoms. The molecule has 0 atom stereocenters. The van der Waals surface area contributed by atoms with E-state index in [9.17, 15) is 14.9 Å². The summed E-state index contributed by atoms with van der Waals surface area (Å²) in [4.78, 5) is 26.1. The first-order valence-corrected chi connectivity index (χ1v) is 9.74. The number of carbonyl (C=O) groups excluding carboxylic acids is 2. The van der Waals surface area contributed by atoms with Gasteiger partial charge in [-0.1, -0.05) is 12.8 Å². The third-order valence-corrected chi connectivity index (χ3v) is 5.27. The molecule has 1 aliphatic rings. The van der Waals surface area contributed by atoms with Crippen molar-refractivity contribution in [1.82, 2.24) is 14.8 Å². The van der Waals surface area contributed by atoms with Crippen molar-refractivity contribution in [2.75, 3.05) is 45.7 Å². The number of amides is 2. The minimum absolute atomic E-state index is 0.0660. The predicted octanol–water partition coefficient (Wildman–Crippen LogP) is 1.72. The molecule has 2 amide bonds. The summed E-state index contributed by atoms with van der Waals surface area (Å²) < 4.78 is 7.02. The van der Waals surface area contributed by atoms with Gasteiger partial charge in [-0.2, -0.15) is 5.26 Å². The van der Waals surface area contributed by atoms with Crippen molar-refractivity contribution < 1.29 is 14.3 Å². The zero-order valence-corrected chi connectivity index (χ0v) is 17.3. The van der Waals surface area contributed by atoms with E-state index in [1.54, 1.807) is 19.1 Å². The Labute approximate surface area is 166 Å². The van der Waals surface area contributed by atoms with Gasteiger partial charge in [0.2, 0.25) is 11.8 Å². The highest BCUT2D eigenvalue weighted by Gasteiger charge is 2.26. The molecule has 0 aliphatic heterocycles. The van der Waals surface area contributed by atoms with Crippen LogP contribution in [0.1, 0.15) is 48.5 Å². The maximum Gasteiger partial charge on any atom is 0.239 e. The zero-order valence-electron chi connectivity index (χ0n) is 17.3. The summed E-state index contributed by atoms with van der Waals surface area (Å²) in [6, 6.07) is 2.56. The first-order chi connectivity index (χ1) is 13.4. The fourth-order valence-electron chi connectivity index (χ4n) is 3.77. The van der Waals surface area contributed by atoms with Crippen molar-refractivity contribution >= 4 is 17.6 Å². The first-order valence-electron chi connectivity index (χ1n) is 9.74. The van der Waals surface area contributed by atoms with E-state index in [2.05, 4.69) is 21.3 Å². The summed E-state index contributed by atoms with van der Waals surface area (Å²) in [6.45, 7) is 4.99. The number of aromatic nitrogens is 1. The van der Waals surface area contributed by atoms with Crippen molar-refractivity contribution in [2.24, 2.45) is 0 Å². The second-order valence-electron chi connectivity index (χ2n) is 7.42. The fourth-order valence-corrected chi connectivity index (χ4v) is 3.77. The molecule has 154 valence electrons. The molecule has 2 N–H and O–H groups in total. The molecule has 0 radical (unpaired) electrons. The maximum absolute atomic E-state index is 12.6. The van der Waals surface area contributed by atoms with E-state index >= 15 is 0 Å². The van der Waals surface area contributed by atoms with Crippen LogP contribution in [0.15, 0.2) is 0 Å². The lowest BCUT2D eigenvalue weighted by Gasteiger charge is -2.20. The number of nitrogens with zero attached hydrogens (tertiary/aromatic N) is 3. The van der Waals surface area contributed by atoms with Crippen LogP contribution in [0.5, 0.6) is 0 Å². The summed E-state index contributed by atoms with van der Waals surface area (Å²) in [5.41, 5.74) is 2.47. The summed E-state index contributed by atoms with van der Waals surface area (Å²) >= 11 is 0. The Hall–Kier alpha value is -2.37. The van der Waals surface area contributed by atoms with Gasteiger partial charge in [0, 0.05) is 25.4 Å². The van der Waals surface area contributed by atoms with Gasteiger partial charge in [0.1, 0.15) is 11.9 Å². The minimum atomic E-state index is -0.236. The maximum atomic E-state index is 12.6. The Kier molecular flexibility index (Phi) is 8.03. The van der Waals surface area contributed by atoms with Crippen molar-refractivity contribution in [3.05, 3.63) is 16.8 Å². The van der Waals surface area contributed by atoms with Crippen LogP contribution < -0.4 is 10.6 Å². The Bertz CT molecular complexity index is 744. The van der Waals surface area contributed by atoms with Gasteiger partial charge < -0.3 is 19.9 Å². The summed E-state index contributed by atoms with van der Waals surface area (Å²) in [5.74, 6) is 0.193. The molecule has 28 heavy (non-hydrogen) atoms. The standard InChI is InChI=1S/C20H31N5O3/c1-14-15(2)25(16-7-5-6-8-16)20(17(14)11-21)23-19(27)13-24(3)12-18(26)22-9-10-28-4/h16H,5-10,12-13H2,1-4H3,(H,22,26)(H,23,27). The third-order valence-electron chi connectivity index (χ3n) is 5.27. The molecule has 1 fully saturated rings. The number of likely N-dealkylation sites (N-methyl/N-ethyl adjacent to an activating group) is 1. The van der Waals surface area contributed by atoms with Crippen LogP contribution in [-0.4, -0.2) is 61.7 Å². The molecule has 0 spiro atoms. The lowest BCUT2D eigenvalue weighted by atomic mass is 10.2. The largest absolute Gasteiger partial charge is 0.383 e. The van der Waals surface area contributed by atoms with Crippen LogP contribution >= 0.6 is 0 Å². The number of anilines is 1. The van der Waals surface area contributed by atoms with E-state index < -0.39 is 0 Å². The SMILES string of the molecule is COCCNC(=O)CN(C)CC(=O)Nc1c(C#N)c(C)c(C)n1C1CCCC1.